The number of halogens is 1. The molecule has 2 rings (SSSR count). The summed E-state index contributed by atoms with van der Waals surface area (Å²) in [4.78, 5) is 51.3. The number of anilines is 1. The van der Waals surface area contributed by atoms with Crippen LogP contribution < -0.4 is 10.6 Å². The van der Waals surface area contributed by atoms with Crippen LogP contribution in [-0.4, -0.2) is 57.9 Å². The summed E-state index contributed by atoms with van der Waals surface area (Å²) in [7, 11) is 4.41. The van der Waals surface area contributed by atoms with Gasteiger partial charge in [0.25, 0.3) is 0 Å². The van der Waals surface area contributed by atoms with Crippen molar-refractivity contribution < 1.29 is 38.1 Å². The SMILES string of the molecule is COC(=O)/C=C(/C=C1\C(C#N)=C(N)N(c2ccc(Cl)cc2)[C@@]1(C)/C(=C\C(=O)OC)C(=O)OC)C(=O)OC. The van der Waals surface area contributed by atoms with Crippen LogP contribution in [0, 0.1) is 11.3 Å². The normalized spacial score (nSPS) is 18.8. The average molecular weight is 530 g/mol. The van der Waals surface area contributed by atoms with Crippen LogP contribution in [0.2, 0.25) is 5.02 Å². The molecule has 0 fully saturated rings. The van der Waals surface area contributed by atoms with E-state index in [-0.39, 0.29) is 28.1 Å². The van der Waals surface area contributed by atoms with E-state index < -0.39 is 29.4 Å². The van der Waals surface area contributed by atoms with Crippen LogP contribution in [0.1, 0.15) is 6.92 Å². The van der Waals surface area contributed by atoms with Gasteiger partial charge in [0, 0.05) is 28.4 Å². The highest BCUT2D eigenvalue weighted by atomic mass is 35.5. The Bertz CT molecular complexity index is 1290. The molecule has 0 saturated heterocycles. The number of benzene rings is 1. The van der Waals surface area contributed by atoms with Gasteiger partial charge < -0.3 is 29.6 Å². The van der Waals surface area contributed by atoms with E-state index >= 15 is 0 Å². The fourth-order valence-corrected chi connectivity index (χ4v) is 3.87. The molecule has 1 aliphatic heterocycles. The Balaban J connectivity index is 3.07. The van der Waals surface area contributed by atoms with Gasteiger partial charge in [-0.25, -0.2) is 19.2 Å². The van der Waals surface area contributed by atoms with Crippen LogP contribution in [0.5, 0.6) is 0 Å². The summed E-state index contributed by atoms with van der Waals surface area (Å²) in [6, 6.07) is 8.22. The first kappa shape index (κ1) is 28.7. The smallest absolute Gasteiger partial charge is 0.338 e. The van der Waals surface area contributed by atoms with Gasteiger partial charge in [0.05, 0.1) is 45.2 Å². The zero-order chi connectivity index (χ0) is 27.9. The third-order valence-electron chi connectivity index (χ3n) is 5.52. The summed E-state index contributed by atoms with van der Waals surface area (Å²) in [5.41, 5.74) is 4.24. The molecule has 1 aromatic rings. The van der Waals surface area contributed by atoms with Gasteiger partial charge in [0.2, 0.25) is 0 Å². The van der Waals surface area contributed by atoms with E-state index in [2.05, 4.69) is 4.74 Å². The zero-order valence-corrected chi connectivity index (χ0v) is 21.4. The Morgan fingerprint density at radius 2 is 1.49 bits per heavy atom. The Morgan fingerprint density at radius 3 is 1.97 bits per heavy atom. The van der Waals surface area contributed by atoms with Crippen LogP contribution in [0.25, 0.3) is 0 Å². The van der Waals surface area contributed by atoms with Gasteiger partial charge >= 0.3 is 23.9 Å². The molecule has 12 heteroatoms. The lowest BCUT2D eigenvalue weighted by Crippen LogP contribution is -2.49. The Labute approximate surface area is 217 Å². The molecule has 0 aromatic heterocycles. The van der Waals surface area contributed by atoms with Crippen LogP contribution >= 0.6 is 11.6 Å². The number of hydrogen-bond donors (Lipinski definition) is 1. The van der Waals surface area contributed by atoms with Gasteiger partial charge in [-0.15, -0.1) is 0 Å². The van der Waals surface area contributed by atoms with Crippen molar-refractivity contribution in [2.45, 2.75) is 12.5 Å². The highest BCUT2D eigenvalue weighted by molar-refractivity contribution is 6.30. The first-order valence-electron chi connectivity index (χ1n) is 10.4. The monoisotopic (exact) mass is 529 g/mol. The molecule has 194 valence electrons. The van der Waals surface area contributed by atoms with E-state index in [9.17, 15) is 24.4 Å². The highest BCUT2D eigenvalue weighted by Crippen LogP contribution is 2.48. The average Bonchev–Trinajstić information content (AvgIpc) is 3.11. The molecule has 2 N–H and O–H groups in total. The van der Waals surface area contributed by atoms with Crippen molar-refractivity contribution in [1.82, 2.24) is 0 Å². The molecule has 37 heavy (non-hydrogen) atoms. The van der Waals surface area contributed by atoms with Crippen molar-refractivity contribution in [3.05, 3.63) is 75.6 Å². The summed E-state index contributed by atoms with van der Waals surface area (Å²) in [5, 5.41) is 10.5. The minimum Gasteiger partial charge on any atom is -0.466 e. The lowest BCUT2D eigenvalue weighted by molar-refractivity contribution is -0.139. The number of nitrogens with two attached hydrogens (primary N) is 1. The minimum atomic E-state index is -1.74. The molecule has 0 bridgehead atoms. The largest absolute Gasteiger partial charge is 0.466 e. The van der Waals surface area contributed by atoms with E-state index in [0.29, 0.717) is 10.7 Å². The molecule has 0 unspecified atom stereocenters. The van der Waals surface area contributed by atoms with Gasteiger partial charge in [-0.05, 0) is 37.3 Å². The number of methoxy groups -OCH3 is 4. The predicted molar refractivity (Wildman–Crippen MR) is 131 cm³/mol. The number of carbonyl (C=O) groups excluding carboxylic acids is 4. The summed E-state index contributed by atoms with van der Waals surface area (Å²) in [6.07, 6.45) is 2.88. The molecule has 1 aliphatic rings. The Hall–Kier alpha value is -4.56. The number of carbonyl (C=O) groups is 4. The maximum absolute atomic E-state index is 13.0. The van der Waals surface area contributed by atoms with Gasteiger partial charge in [-0.3, -0.25) is 0 Å². The highest BCUT2D eigenvalue weighted by Gasteiger charge is 2.52. The number of rotatable bonds is 7. The first-order chi connectivity index (χ1) is 17.5. The van der Waals surface area contributed by atoms with Crippen LogP contribution in [0.15, 0.2) is 70.6 Å². The van der Waals surface area contributed by atoms with Crippen molar-refractivity contribution in [3.63, 3.8) is 0 Å². The summed E-state index contributed by atoms with van der Waals surface area (Å²) >= 11 is 6.04. The second-order valence-corrected chi connectivity index (χ2v) is 7.94. The summed E-state index contributed by atoms with van der Waals surface area (Å²) < 4.78 is 19.0. The number of esters is 4. The van der Waals surface area contributed by atoms with Crippen LogP contribution in [-0.2, 0) is 38.1 Å². The van der Waals surface area contributed by atoms with Crippen LogP contribution in [0.3, 0.4) is 0 Å². The maximum Gasteiger partial charge on any atom is 0.338 e. The van der Waals surface area contributed by atoms with Crippen molar-refractivity contribution >= 4 is 41.2 Å². The maximum atomic E-state index is 13.0. The minimum absolute atomic E-state index is 0.0245. The molecule has 0 saturated carbocycles. The molecule has 0 spiro atoms. The molecule has 1 aromatic carbocycles. The van der Waals surface area contributed by atoms with E-state index in [1.54, 1.807) is 24.3 Å². The quantitative estimate of drug-likeness (QED) is 0.313. The van der Waals surface area contributed by atoms with Gasteiger partial charge in [0.1, 0.15) is 17.4 Å². The number of nitrogens with zero attached hydrogens (tertiary/aromatic N) is 2. The fourth-order valence-electron chi connectivity index (χ4n) is 3.74. The standard InChI is InChI=1S/C25H24ClN3O8/c1-25(19(24(33)37-5)12-21(31)35-3)18(10-14(23(32)36-4)11-20(30)34-2)17(13-27)22(28)29(25)16-8-6-15(26)7-9-16/h6-12H,28H2,1-5H3/b14-11-,18-10+,19-12-/t25-/m1/s1. The predicted octanol–water partition coefficient (Wildman–Crippen LogP) is 2.08. The molecular formula is C25H24ClN3O8. The number of hydrogen-bond acceptors (Lipinski definition) is 11. The molecular weight excluding hydrogens is 506 g/mol. The zero-order valence-electron chi connectivity index (χ0n) is 20.7. The summed E-state index contributed by atoms with van der Waals surface area (Å²) in [5.74, 6) is -3.82. The molecule has 0 aliphatic carbocycles. The van der Waals surface area contributed by atoms with E-state index in [4.69, 9.17) is 31.5 Å². The van der Waals surface area contributed by atoms with Crippen molar-refractivity contribution in [2.24, 2.45) is 5.73 Å². The number of ether oxygens (including phenoxy) is 4. The lowest BCUT2D eigenvalue weighted by Gasteiger charge is -2.39. The van der Waals surface area contributed by atoms with Crippen molar-refractivity contribution in [1.29, 1.82) is 5.26 Å². The summed E-state index contributed by atoms with van der Waals surface area (Å²) in [6.45, 7) is 1.48. The van der Waals surface area contributed by atoms with Gasteiger partial charge in [0.15, 0.2) is 0 Å². The second kappa shape index (κ2) is 11.9. The Kier molecular flexibility index (Phi) is 9.24. The molecule has 11 nitrogen and oxygen atoms in total. The van der Waals surface area contributed by atoms with E-state index in [1.165, 1.54) is 11.8 Å². The lowest BCUT2D eigenvalue weighted by atomic mass is 9.80. The van der Waals surface area contributed by atoms with Gasteiger partial charge in [-0.2, -0.15) is 5.26 Å². The third-order valence-corrected chi connectivity index (χ3v) is 5.78. The second-order valence-electron chi connectivity index (χ2n) is 7.50. The fraction of sp³-hybridized carbons (Fsp3) is 0.240. The van der Waals surface area contributed by atoms with E-state index in [0.717, 1.165) is 46.7 Å². The topological polar surface area (TPSA) is 158 Å². The molecule has 1 atom stereocenters. The Morgan fingerprint density at radius 1 is 0.946 bits per heavy atom. The first-order valence-corrected chi connectivity index (χ1v) is 10.8. The van der Waals surface area contributed by atoms with Crippen molar-refractivity contribution in [3.8, 4) is 6.07 Å². The van der Waals surface area contributed by atoms with Crippen LogP contribution in [0.4, 0.5) is 5.69 Å². The number of nitriles is 1. The van der Waals surface area contributed by atoms with Gasteiger partial charge in [-0.1, -0.05) is 11.6 Å². The van der Waals surface area contributed by atoms with Crippen molar-refractivity contribution in [2.75, 3.05) is 33.3 Å². The van der Waals surface area contributed by atoms with E-state index in [1.807, 2.05) is 6.07 Å². The molecule has 0 radical (unpaired) electrons. The third kappa shape index (κ3) is 5.65. The molecule has 0 amide bonds. The molecule has 1 heterocycles.